The van der Waals surface area contributed by atoms with Crippen LogP contribution < -0.4 is 14.2 Å². The number of aromatic nitrogens is 1. The lowest BCUT2D eigenvalue weighted by Gasteiger charge is -2.51. The lowest BCUT2D eigenvalue weighted by molar-refractivity contribution is -0.129. The van der Waals surface area contributed by atoms with Crippen molar-refractivity contribution in [2.75, 3.05) is 39.5 Å². The summed E-state index contributed by atoms with van der Waals surface area (Å²) in [4.78, 5) is 53.5. The first-order chi connectivity index (χ1) is 31.2. The van der Waals surface area contributed by atoms with Crippen LogP contribution in [0.1, 0.15) is 104 Å². The van der Waals surface area contributed by atoms with E-state index in [-0.39, 0.29) is 56.3 Å². The highest BCUT2D eigenvalue weighted by Gasteiger charge is 2.51. The van der Waals surface area contributed by atoms with E-state index in [1.807, 2.05) is 90.6 Å². The number of fused-ring (bicyclic) bond motifs is 2. The highest BCUT2D eigenvalue weighted by Crippen LogP contribution is 2.43. The van der Waals surface area contributed by atoms with Crippen LogP contribution in [0.5, 0.6) is 17.4 Å². The molecule has 2 aromatic carbocycles. The lowest BCUT2D eigenvalue weighted by atomic mass is 9.81. The van der Waals surface area contributed by atoms with Crippen LogP contribution in [0.2, 0.25) is 28.2 Å². The lowest BCUT2D eigenvalue weighted by Crippen LogP contribution is -2.66. The van der Waals surface area contributed by atoms with Crippen LogP contribution in [-0.4, -0.2) is 115 Å². The van der Waals surface area contributed by atoms with Gasteiger partial charge in [-0.2, -0.15) is 0 Å². The average Bonchev–Trinajstić information content (AvgIpc) is 4.05. The second-order valence-electron chi connectivity index (χ2n) is 21.3. The van der Waals surface area contributed by atoms with Crippen LogP contribution in [0, 0.1) is 13.8 Å². The zero-order valence-electron chi connectivity index (χ0n) is 41.6. The molecule has 3 heterocycles. The third-order valence-electron chi connectivity index (χ3n) is 12.5. The molecule has 1 saturated carbocycles. The predicted molar refractivity (Wildman–Crippen MR) is 265 cm³/mol. The van der Waals surface area contributed by atoms with E-state index >= 15 is 4.79 Å². The van der Waals surface area contributed by atoms with E-state index in [2.05, 4.69) is 38.8 Å². The molecule has 1 aliphatic carbocycles. The smallest absolute Gasteiger partial charge is 0.411 e. The van der Waals surface area contributed by atoms with Crippen molar-refractivity contribution in [1.29, 1.82) is 0 Å². The van der Waals surface area contributed by atoms with Gasteiger partial charge in [0.05, 0.1) is 28.7 Å². The number of ether oxygens (including phenoxy) is 5. The topological polar surface area (TPSA) is 129 Å². The van der Waals surface area contributed by atoms with Crippen molar-refractivity contribution in [3.8, 4) is 17.4 Å². The first-order valence-corrected chi connectivity index (χ1v) is 27.0. The largest absolute Gasteiger partial charge is 0.490 e. The summed E-state index contributed by atoms with van der Waals surface area (Å²) >= 11 is 12.8. The van der Waals surface area contributed by atoms with Gasteiger partial charge in [0.1, 0.15) is 36.8 Å². The van der Waals surface area contributed by atoms with Gasteiger partial charge in [-0.25, -0.2) is 14.6 Å². The monoisotopic (exact) mass is 980 g/mol. The van der Waals surface area contributed by atoms with Crippen molar-refractivity contribution in [2.45, 2.75) is 149 Å². The van der Waals surface area contributed by atoms with E-state index < -0.39 is 43.8 Å². The normalized spacial score (nSPS) is 17.8. The number of rotatable bonds is 15. The molecule has 366 valence electrons. The van der Waals surface area contributed by atoms with E-state index in [1.165, 1.54) is 0 Å². The van der Waals surface area contributed by atoms with Gasteiger partial charge in [0.25, 0.3) is 5.91 Å². The van der Waals surface area contributed by atoms with Crippen LogP contribution in [0.15, 0.2) is 54.2 Å². The van der Waals surface area contributed by atoms with Gasteiger partial charge in [-0.15, -0.1) is 0 Å². The zero-order valence-corrected chi connectivity index (χ0v) is 44.2. The summed E-state index contributed by atoms with van der Waals surface area (Å²) in [5.41, 5.74) is 3.14. The number of aryl methyl sites for hydroxylation is 1. The number of hydrogen-bond donors (Lipinski definition) is 0. The fraction of sp³-hybridized carbons (Fsp3) is 0.569. The standard InChI is InChI=1S/C51H70Cl2N4O9Si/c1-32-26-40(52)44(41(53)27-32)62-23-22-61-38-18-14-34(15-19-38)39-28-37-30-55(47(59)65-49(3,4)5)31-42(57(37)48(60)66-50(6,7)8)43(39)46(58)56(36-16-17-36)29-35-20-21-54-45(33(35)2)63-24-25-64-67(12,13)51(9,10)11/h14-15,18-21,26-27,36-37,42H,16-17,22-25,28-31H2,1-13H3/t37?,42-/m1/s1. The molecule has 2 atom stereocenters. The Balaban J connectivity index is 1.33. The Kier molecular flexibility index (Phi) is 16.0. The van der Waals surface area contributed by atoms with Gasteiger partial charge in [-0.1, -0.05) is 56.1 Å². The highest BCUT2D eigenvalue weighted by molar-refractivity contribution is 6.74. The van der Waals surface area contributed by atoms with E-state index in [9.17, 15) is 9.59 Å². The number of piperazine rings is 1. The Morgan fingerprint density at radius 2 is 1.39 bits per heavy atom. The van der Waals surface area contributed by atoms with Crippen LogP contribution in [0.3, 0.4) is 0 Å². The number of halogens is 2. The van der Waals surface area contributed by atoms with Crippen LogP contribution >= 0.6 is 23.2 Å². The summed E-state index contributed by atoms with van der Waals surface area (Å²) in [5, 5.41) is 0.933. The minimum Gasteiger partial charge on any atom is -0.490 e. The SMILES string of the molecule is Cc1cc(Cl)c(OCCOc2ccc(C3=C(C(=O)N(Cc4ccnc(OCCO[Si](C)(C)C(C)(C)C)c4C)C4CC4)[C@H]4CN(C(=O)OC(C)(C)C)CC(C3)N4C(=O)OC(C)(C)C)cc2)c(Cl)c1. The Morgan fingerprint density at radius 1 is 0.791 bits per heavy atom. The molecule has 2 bridgehead atoms. The number of hydrogen-bond acceptors (Lipinski definition) is 10. The van der Waals surface area contributed by atoms with Crippen molar-refractivity contribution in [3.05, 3.63) is 86.5 Å². The molecule has 0 radical (unpaired) electrons. The van der Waals surface area contributed by atoms with Gasteiger partial charge in [0.15, 0.2) is 14.1 Å². The number of benzene rings is 2. The molecule has 67 heavy (non-hydrogen) atoms. The van der Waals surface area contributed by atoms with Crippen LogP contribution in [-0.2, 0) is 25.2 Å². The molecule has 1 aromatic heterocycles. The number of amides is 3. The summed E-state index contributed by atoms with van der Waals surface area (Å²) < 4.78 is 36.4. The first kappa shape index (κ1) is 51.9. The fourth-order valence-corrected chi connectivity index (χ4v) is 9.75. The van der Waals surface area contributed by atoms with E-state index in [1.54, 1.807) is 28.1 Å². The maximum Gasteiger partial charge on any atom is 0.411 e. The number of nitrogens with zero attached hydrogens (tertiary/aromatic N) is 4. The highest BCUT2D eigenvalue weighted by atomic mass is 35.5. The van der Waals surface area contributed by atoms with Gasteiger partial charge >= 0.3 is 12.2 Å². The molecule has 3 aromatic rings. The molecule has 0 spiro atoms. The summed E-state index contributed by atoms with van der Waals surface area (Å²) in [6, 6.07) is 11.7. The summed E-state index contributed by atoms with van der Waals surface area (Å²) in [6.45, 7) is 27.6. The quantitative estimate of drug-likeness (QED) is 0.107. The molecule has 3 amide bonds. The van der Waals surface area contributed by atoms with Gasteiger partial charge in [0, 0.05) is 43.0 Å². The predicted octanol–water partition coefficient (Wildman–Crippen LogP) is 11.4. The molecular formula is C51H70Cl2N4O9Si. The van der Waals surface area contributed by atoms with Crippen molar-refractivity contribution >= 4 is 55.2 Å². The summed E-state index contributed by atoms with van der Waals surface area (Å²) in [7, 11) is -1.96. The minimum absolute atomic E-state index is 0.0305. The number of carbonyl (C=O) groups excluding carboxylic acids is 3. The van der Waals surface area contributed by atoms with E-state index in [0.29, 0.717) is 46.2 Å². The summed E-state index contributed by atoms with van der Waals surface area (Å²) in [6.07, 6.45) is 2.61. The molecule has 13 nitrogen and oxygen atoms in total. The number of pyridine rings is 1. The maximum absolute atomic E-state index is 15.7. The van der Waals surface area contributed by atoms with Gasteiger partial charge in [-0.05, 0) is 145 Å². The van der Waals surface area contributed by atoms with Crippen molar-refractivity contribution in [1.82, 2.24) is 19.7 Å². The molecule has 3 aliphatic rings. The second-order valence-corrected chi connectivity index (χ2v) is 27.0. The third kappa shape index (κ3) is 13.2. The van der Waals surface area contributed by atoms with Crippen molar-refractivity contribution in [2.24, 2.45) is 0 Å². The zero-order chi connectivity index (χ0) is 49.2. The fourth-order valence-electron chi connectivity index (χ4n) is 8.01. The minimum atomic E-state index is -1.96. The van der Waals surface area contributed by atoms with Crippen molar-refractivity contribution in [3.63, 3.8) is 0 Å². The Hall–Kier alpha value is -4.50. The number of carbonyl (C=O) groups is 3. The van der Waals surface area contributed by atoms with Crippen molar-refractivity contribution < 1.29 is 42.5 Å². The Bertz CT molecular complexity index is 2290. The van der Waals surface area contributed by atoms with Crippen LogP contribution in [0.4, 0.5) is 9.59 Å². The second kappa shape index (κ2) is 20.6. The molecule has 6 rings (SSSR count). The molecule has 2 aliphatic heterocycles. The van der Waals surface area contributed by atoms with Crippen LogP contribution in [0.25, 0.3) is 5.57 Å². The molecular weight excluding hydrogens is 912 g/mol. The molecule has 1 saturated heterocycles. The van der Waals surface area contributed by atoms with Gasteiger partial charge in [0.2, 0.25) is 5.88 Å². The Labute approximate surface area is 408 Å². The van der Waals surface area contributed by atoms with E-state index in [4.69, 9.17) is 51.3 Å². The third-order valence-corrected chi connectivity index (χ3v) is 17.6. The van der Waals surface area contributed by atoms with Gasteiger partial charge in [-0.3, -0.25) is 9.69 Å². The average molecular weight is 982 g/mol. The molecule has 1 unspecified atom stereocenters. The van der Waals surface area contributed by atoms with E-state index in [0.717, 1.165) is 40.7 Å². The first-order valence-electron chi connectivity index (χ1n) is 23.3. The molecule has 16 heteroatoms. The van der Waals surface area contributed by atoms with Gasteiger partial charge < -0.3 is 37.9 Å². The maximum atomic E-state index is 15.7. The molecule has 0 N–H and O–H groups in total. The molecule has 2 fully saturated rings. The Morgan fingerprint density at radius 3 is 1.99 bits per heavy atom. The summed E-state index contributed by atoms with van der Waals surface area (Å²) in [5.74, 6) is 1.28.